The summed E-state index contributed by atoms with van der Waals surface area (Å²) in [5, 5.41) is 0. The van der Waals surface area contributed by atoms with Crippen LogP contribution < -0.4 is 4.89 Å². The summed E-state index contributed by atoms with van der Waals surface area (Å²) in [6.07, 6.45) is 91.1. The van der Waals surface area contributed by atoms with Gasteiger partial charge in [0.25, 0.3) is 7.82 Å². The number of nitrogens with zero attached hydrogens (tertiary/aromatic N) is 1. The number of esters is 2. The third-order valence-corrected chi connectivity index (χ3v) is 20.3. The van der Waals surface area contributed by atoms with Gasteiger partial charge in [0.1, 0.15) is 19.8 Å². The zero-order valence-corrected chi connectivity index (χ0v) is 63.3. The van der Waals surface area contributed by atoms with Crippen molar-refractivity contribution in [2.24, 2.45) is 0 Å². The normalized spacial score (nSPS) is 12.9. The fraction of sp³-hybridized carbons (Fsp3) is 0.975. The minimum atomic E-state index is -4.64. The first-order valence-electron chi connectivity index (χ1n) is 41.2. The van der Waals surface area contributed by atoms with E-state index in [0.29, 0.717) is 17.4 Å². The molecule has 0 heterocycles. The monoisotopic (exact) mass is 1310 g/mol. The number of ether oxygens (including phenoxy) is 2. The highest BCUT2D eigenvalue weighted by atomic mass is 31.2. The van der Waals surface area contributed by atoms with E-state index >= 15 is 0 Å². The zero-order chi connectivity index (χ0) is 66.2. The standard InChI is InChI=1S/C81H162NO8P/c1-6-8-10-12-14-16-18-20-22-24-26-28-30-32-34-35-36-37-38-39-40-41-42-43-44-45-46-47-48-50-52-54-56-58-60-62-64-66-68-70-72-74-81(84)90-79(78-89-91(85,86)88-76-75-82(3,4)5)77-87-80(83)73-71-69-67-65-63-61-59-57-55-53-51-49-33-31-29-27-25-23-21-19-17-15-13-11-9-7-2/h79H,6-78H2,1-5H3. The molecule has 0 amide bonds. The number of phosphoric acid groups is 1. The largest absolute Gasteiger partial charge is 0.756 e. The SMILES string of the molecule is CCCCCCCCCCCCCCCCCCCCCCCCCCCCCCCCCCCCCCCCCCCC(=O)OC(COC(=O)CCCCCCCCCCCCCCCCCCCCCCCCCCCC)COP(=O)([O-])OCC[N+](C)(C)C. The van der Waals surface area contributed by atoms with Gasteiger partial charge in [-0.25, -0.2) is 0 Å². The summed E-state index contributed by atoms with van der Waals surface area (Å²) in [7, 11) is 1.20. The molecule has 10 heteroatoms. The summed E-state index contributed by atoms with van der Waals surface area (Å²) in [6, 6.07) is 0. The Hall–Kier alpha value is -0.990. The fourth-order valence-electron chi connectivity index (χ4n) is 13.1. The molecular weight excluding hydrogens is 1150 g/mol. The Morgan fingerprint density at radius 3 is 0.703 bits per heavy atom. The summed E-state index contributed by atoms with van der Waals surface area (Å²) in [4.78, 5) is 38.2. The highest BCUT2D eigenvalue weighted by Gasteiger charge is 2.22. The smallest absolute Gasteiger partial charge is 0.306 e. The van der Waals surface area contributed by atoms with Crippen molar-refractivity contribution >= 4 is 19.8 Å². The number of carbonyl (C=O) groups excluding carboxylic acids is 2. The molecule has 0 bridgehead atoms. The summed E-state index contributed by atoms with van der Waals surface area (Å²) in [6.45, 7) is 4.35. The molecule has 0 saturated heterocycles. The molecule has 91 heavy (non-hydrogen) atoms. The molecular formula is C81H162NO8P. The van der Waals surface area contributed by atoms with E-state index in [-0.39, 0.29) is 32.0 Å². The van der Waals surface area contributed by atoms with Crippen LogP contribution in [0.2, 0.25) is 0 Å². The van der Waals surface area contributed by atoms with Crippen LogP contribution in [0.15, 0.2) is 0 Å². The van der Waals surface area contributed by atoms with Gasteiger partial charge in [-0.1, -0.05) is 431 Å². The fourth-order valence-corrected chi connectivity index (χ4v) is 13.8. The quantitative estimate of drug-likeness (QED) is 0.0256. The van der Waals surface area contributed by atoms with Crippen molar-refractivity contribution in [3.63, 3.8) is 0 Å². The van der Waals surface area contributed by atoms with Crippen LogP contribution in [0.25, 0.3) is 0 Å². The zero-order valence-electron chi connectivity index (χ0n) is 62.4. The van der Waals surface area contributed by atoms with Gasteiger partial charge < -0.3 is 27.9 Å². The molecule has 0 fully saturated rings. The van der Waals surface area contributed by atoms with E-state index in [0.717, 1.165) is 32.1 Å². The van der Waals surface area contributed by atoms with E-state index < -0.39 is 26.5 Å². The van der Waals surface area contributed by atoms with Crippen LogP contribution in [0.4, 0.5) is 0 Å². The molecule has 544 valence electrons. The van der Waals surface area contributed by atoms with Crippen molar-refractivity contribution in [1.82, 2.24) is 0 Å². The topological polar surface area (TPSA) is 111 Å². The summed E-state index contributed by atoms with van der Waals surface area (Å²) < 4.78 is 34.4. The molecule has 0 aliphatic rings. The van der Waals surface area contributed by atoms with E-state index in [4.69, 9.17) is 18.5 Å². The third-order valence-electron chi connectivity index (χ3n) is 19.4. The van der Waals surface area contributed by atoms with Crippen molar-refractivity contribution in [3.8, 4) is 0 Å². The average molecular weight is 1310 g/mol. The molecule has 0 rings (SSSR count). The molecule has 9 nitrogen and oxygen atoms in total. The molecule has 2 unspecified atom stereocenters. The second-order valence-corrected chi connectivity index (χ2v) is 31.3. The van der Waals surface area contributed by atoms with Gasteiger partial charge in [-0.2, -0.15) is 0 Å². The predicted molar refractivity (Wildman–Crippen MR) is 393 cm³/mol. The van der Waals surface area contributed by atoms with Crippen molar-refractivity contribution in [2.45, 2.75) is 463 Å². The second-order valence-electron chi connectivity index (χ2n) is 29.9. The maximum absolute atomic E-state index is 12.9. The van der Waals surface area contributed by atoms with E-state index in [1.165, 1.54) is 392 Å². The number of carbonyl (C=O) groups is 2. The summed E-state index contributed by atoms with van der Waals surface area (Å²) in [5.41, 5.74) is 0. The van der Waals surface area contributed by atoms with E-state index in [1.807, 2.05) is 21.1 Å². The van der Waals surface area contributed by atoms with Gasteiger partial charge in [0.05, 0.1) is 27.7 Å². The van der Waals surface area contributed by atoms with Crippen LogP contribution in [0.5, 0.6) is 0 Å². The average Bonchev–Trinajstić information content (AvgIpc) is 3.69. The summed E-state index contributed by atoms with van der Waals surface area (Å²) in [5.74, 6) is -0.800. The third kappa shape index (κ3) is 77.9. The molecule has 2 atom stereocenters. The van der Waals surface area contributed by atoms with Crippen LogP contribution in [0, 0.1) is 0 Å². The lowest BCUT2D eigenvalue weighted by Gasteiger charge is -2.28. The molecule has 0 radical (unpaired) electrons. The Kier molecular flexibility index (Phi) is 72.5. The Morgan fingerprint density at radius 2 is 0.495 bits per heavy atom. The van der Waals surface area contributed by atoms with E-state index in [1.54, 1.807) is 0 Å². The molecule has 0 aromatic heterocycles. The van der Waals surface area contributed by atoms with Gasteiger partial charge in [0.15, 0.2) is 6.10 Å². The minimum Gasteiger partial charge on any atom is -0.756 e. The van der Waals surface area contributed by atoms with Gasteiger partial charge in [-0.05, 0) is 12.8 Å². The van der Waals surface area contributed by atoms with Crippen LogP contribution in [0.3, 0.4) is 0 Å². The molecule has 0 N–H and O–H groups in total. The predicted octanol–water partition coefficient (Wildman–Crippen LogP) is 26.6. The first kappa shape index (κ1) is 90.0. The Balaban J connectivity index is 3.83. The minimum absolute atomic E-state index is 0.0246. The van der Waals surface area contributed by atoms with Gasteiger partial charge in [-0.3, -0.25) is 14.2 Å². The number of hydrogen-bond donors (Lipinski definition) is 0. The Labute approximate surface area is 569 Å². The summed E-state index contributed by atoms with van der Waals surface area (Å²) >= 11 is 0. The number of phosphoric ester groups is 1. The molecule has 0 saturated carbocycles. The van der Waals surface area contributed by atoms with Gasteiger partial charge in [0.2, 0.25) is 0 Å². The number of likely N-dealkylation sites (N-methyl/N-ethyl adjacent to an activating group) is 1. The van der Waals surface area contributed by atoms with Crippen molar-refractivity contribution < 1.29 is 42.1 Å². The molecule has 0 aliphatic carbocycles. The Bertz CT molecular complexity index is 1490. The lowest BCUT2D eigenvalue weighted by Crippen LogP contribution is -2.37. The van der Waals surface area contributed by atoms with Crippen LogP contribution in [-0.2, 0) is 32.7 Å². The van der Waals surface area contributed by atoms with Crippen LogP contribution in [-0.4, -0.2) is 70.0 Å². The van der Waals surface area contributed by atoms with E-state index in [2.05, 4.69) is 13.8 Å². The maximum Gasteiger partial charge on any atom is 0.306 e. The molecule has 0 aliphatic heterocycles. The highest BCUT2D eigenvalue weighted by Crippen LogP contribution is 2.38. The van der Waals surface area contributed by atoms with Crippen LogP contribution in [0.1, 0.15) is 457 Å². The van der Waals surface area contributed by atoms with E-state index in [9.17, 15) is 19.0 Å². The number of quaternary nitrogens is 1. The lowest BCUT2D eigenvalue weighted by molar-refractivity contribution is -0.870. The number of hydrogen-bond acceptors (Lipinski definition) is 8. The number of unbranched alkanes of at least 4 members (excludes halogenated alkanes) is 65. The number of rotatable bonds is 79. The first-order chi connectivity index (χ1) is 44.5. The first-order valence-corrected chi connectivity index (χ1v) is 42.7. The van der Waals surface area contributed by atoms with Gasteiger partial charge in [-0.15, -0.1) is 0 Å². The van der Waals surface area contributed by atoms with Crippen molar-refractivity contribution in [3.05, 3.63) is 0 Å². The van der Waals surface area contributed by atoms with Gasteiger partial charge in [0, 0.05) is 12.8 Å². The molecule has 0 aromatic carbocycles. The maximum atomic E-state index is 12.9. The van der Waals surface area contributed by atoms with Crippen LogP contribution >= 0.6 is 7.82 Å². The molecule has 0 spiro atoms. The Morgan fingerprint density at radius 1 is 0.297 bits per heavy atom. The van der Waals surface area contributed by atoms with Crippen molar-refractivity contribution in [2.75, 3.05) is 47.5 Å². The van der Waals surface area contributed by atoms with Crippen molar-refractivity contribution in [1.29, 1.82) is 0 Å². The molecule has 0 aromatic rings. The highest BCUT2D eigenvalue weighted by molar-refractivity contribution is 7.45. The second kappa shape index (κ2) is 73.3. The lowest BCUT2D eigenvalue weighted by atomic mass is 10.0. The van der Waals surface area contributed by atoms with Gasteiger partial charge >= 0.3 is 11.9 Å².